The van der Waals surface area contributed by atoms with Crippen LogP contribution in [0, 0.1) is 6.92 Å². The Balaban J connectivity index is 2.16. The molecule has 5 nitrogen and oxygen atoms in total. The highest BCUT2D eigenvalue weighted by Crippen LogP contribution is 2.35. The van der Waals surface area contributed by atoms with Gasteiger partial charge in [0.1, 0.15) is 5.75 Å². The number of hydrogen-bond acceptors (Lipinski definition) is 5. The highest BCUT2D eigenvalue weighted by atomic mass is 16.3. The Morgan fingerprint density at radius 1 is 1.41 bits per heavy atom. The highest BCUT2D eigenvalue weighted by Gasteiger charge is 2.41. The lowest BCUT2D eigenvalue weighted by molar-refractivity contribution is 0.228. The Morgan fingerprint density at radius 3 is 2.65 bits per heavy atom. The van der Waals surface area contributed by atoms with E-state index < -0.39 is 0 Å². The maximum Gasteiger partial charge on any atom is 0.141 e. The number of aryl methyl sites for hydroxylation is 1. The summed E-state index contributed by atoms with van der Waals surface area (Å²) in [5.41, 5.74) is 1.65. The van der Waals surface area contributed by atoms with Crippen LogP contribution in [-0.2, 0) is 13.2 Å². The minimum Gasteiger partial charge on any atom is -0.506 e. The zero-order chi connectivity index (χ0) is 12.5. The fourth-order valence-corrected chi connectivity index (χ4v) is 1.84. The molecular formula is C12H18N2O3. The molecule has 0 saturated heterocycles. The molecule has 1 aromatic rings. The molecule has 0 aromatic carbocycles. The molecular weight excluding hydrogens is 220 g/mol. The second-order valence-electron chi connectivity index (χ2n) is 4.65. The summed E-state index contributed by atoms with van der Waals surface area (Å²) in [7, 11) is 0. The number of hydrogen-bond donors (Lipinski definition) is 4. The molecule has 4 N–H and O–H groups in total. The SMILES string of the molecule is Cc1ncc(CO)c(CNC2(CO)CC2)c1O. The van der Waals surface area contributed by atoms with Gasteiger partial charge >= 0.3 is 0 Å². The van der Waals surface area contributed by atoms with Crippen LogP contribution in [0.2, 0.25) is 0 Å². The first kappa shape index (κ1) is 12.3. The van der Waals surface area contributed by atoms with Crippen LogP contribution in [0.4, 0.5) is 0 Å². The topological polar surface area (TPSA) is 85.6 Å². The summed E-state index contributed by atoms with van der Waals surface area (Å²) in [5, 5.41) is 31.6. The molecule has 1 aliphatic carbocycles. The van der Waals surface area contributed by atoms with Gasteiger partial charge in [-0.05, 0) is 19.8 Å². The summed E-state index contributed by atoms with van der Waals surface area (Å²) in [6, 6.07) is 0. The summed E-state index contributed by atoms with van der Waals surface area (Å²) in [6.07, 6.45) is 3.47. The van der Waals surface area contributed by atoms with Crippen molar-refractivity contribution in [2.45, 2.75) is 38.5 Å². The molecule has 0 atom stereocenters. The van der Waals surface area contributed by atoms with Crippen molar-refractivity contribution in [2.24, 2.45) is 0 Å². The summed E-state index contributed by atoms with van der Waals surface area (Å²) >= 11 is 0. The Labute approximate surface area is 100 Å². The van der Waals surface area contributed by atoms with Crippen LogP contribution in [0.25, 0.3) is 0 Å². The Hall–Kier alpha value is -1.17. The molecule has 1 saturated carbocycles. The van der Waals surface area contributed by atoms with Gasteiger partial charge in [0, 0.05) is 29.4 Å². The van der Waals surface area contributed by atoms with Gasteiger partial charge in [-0.2, -0.15) is 0 Å². The van der Waals surface area contributed by atoms with E-state index in [9.17, 15) is 15.3 Å². The number of aromatic nitrogens is 1. The number of aliphatic hydroxyl groups excluding tert-OH is 2. The molecule has 94 valence electrons. The largest absolute Gasteiger partial charge is 0.506 e. The van der Waals surface area contributed by atoms with Crippen LogP contribution in [-0.4, -0.2) is 32.4 Å². The molecule has 17 heavy (non-hydrogen) atoms. The molecule has 0 bridgehead atoms. The molecule has 1 aromatic heterocycles. The molecule has 0 aliphatic heterocycles. The Kier molecular flexibility index (Phi) is 3.33. The zero-order valence-electron chi connectivity index (χ0n) is 9.90. The lowest BCUT2D eigenvalue weighted by Gasteiger charge is -2.17. The smallest absolute Gasteiger partial charge is 0.141 e. The van der Waals surface area contributed by atoms with E-state index in [0.29, 0.717) is 23.4 Å². The van der Waals surface area contributed by atoms with E-state index in [1.807, 2.05) is 0 Å². The monoisotopic (exact) mass is 238 g/mol. The predicted octanol–water partition coefficient (Wildman–Crippen LogP) is 0.202. The van der Waals surface area contributed by atoms with Gasteiger partial charge in [0.05, 0.1) is 18.9 Å². The normalized spacial score (nSPS) is 17.1. The van der Waals surface area contributed by atoms with Crippen LogP contribution in [0.3, 0.4) is 0 Å². The fourth-order valence-electron chi connectivity index (χ4n) is 1.84. The zero-order valence-corrected chi connectivity index (χ0v) is 9.90. The van der Waals surface area contributed by atoms with Crippen molar-refractivity contribution in [3.8, 4) is 5.75 Å². The van der Waals surface area contributed by atoms with Gasteiger partial charge in [-0.15, -0.1) is 0 Å². The molecule has 0 spiro atoms. The molecule has 0 unspecified atom stereocenters. The van der Waals surface area contributed by atoms with Crippen molar-refractivity contribution < 1.29 is 15.3 Å². The van der Waals surface area contributed by atoms with Gasteiger partial charge in [-0.3, -0.25) is 4.98 Å². The maximum atomic E-state index is 9.92. The second kappa shape index (κ2) is 4.60. The van der Waals surface area contributed by atoms with Crippen LogP contribution in [0.15, 0.2) is 6.20 Å². The summed E-state index contributed by atoms with van der Waals surface area (Å²) in [6.45, 7) is 2.11. The van der Waals surface area contributed by atoms with Crippen molar-refractivity contribution >= 4 is 0 Å². The van der Waals surface area contributed by atoms with Crippen LogP contribution in [0.1, 0.15) is 29.7 Å². The van der Waals surface area contributed by atoms with Crippen LogP contribution >= 0.6 is 0 Å². The third-order valence-electron chi connectivity index (χ3n) is 3.40. The first-order valence-electron chi connectivity index (χ1n) is 5.75. The summed E-state index contributed by atoms with van der Waals surface area (Å²) in [4.78, 5) is 4.00. The minimum atomic E-state index is -0.184. The van der Waals surface area contributed by atoms with Crippen LogP contribution < -0.4 is 5.32 Å². The molecule has 1 fully saturated rings. The van der Waals surface area contributed by atoms with Gasteiger partial charge in [0.2, 0.25) is 0 Å². The summed E-state index contributed by atoms with van der Waals surface area (Å²) in [5.74, 6) is 0.123. The number of rotatable bonds is 5. The standard InChI is InChI=1S/C12H18N2O3/c1-8-11(17)10(9(6-15)4-13-8)5-14-12(7-16)2-3-12/h4,14-17H,2-3,5-7H2,1H3. The fraction of sp³-hybridized carbons (Fsp3) is 0.583. The summed E-state index contributed by atoms with van der Waals surface area (Å²) < 4.78 is 0. The number of aromatic hydroxyl groups is 1. The first-order chi connectivity index (χ1) is 8.12. The number of nitrogens with zero attached hydrogens (tertiary/aromatic N) is 1. The maximum absolute atomic E-state index is 9.92. The molecule has 2 rings (SSSR count). The van der Waals surface area contributed by atoms with Crippen LogP contribution in [0.5, 0.6) is 5.75 Å². The predicted molar refractivity (Wildman–Crippen MR) is 62.5 cm³/mol. The average Bonchev–Trinajstić information content (AvgIpc) is 3.12. The highest BCUT2D eigenvalue weighted by molar-refractivity contribution is 5.40. The van der Waals surface area contributed by atoms with Crippen molar-refractivity contribution in [3.63, 3.8) is 0 Å². The minimum absolute atomic E-state index is 0.103. The third kappa shape index (κ3) is 2.41. The van der Waals surface area contributed by atoms with Gasteiger partial charge in [-0.1, -0.05) is 0 Å². The molecule has 0 radical (unpaired) electrons. The molecule has 5 heteroatoms. The quantitative estimate of drug-likeness (QED) is 0.589. The van der Waals surface area contributed by atoms with Gasteiger partial charge < -0.3 is 20.6 Å². The van der Waals surface area contributed by atoms with E-state index in [1.165, 1.54) is 0 Å². The van der Waals surface area contributed by atoms with Crippen molar-refractivity contribution in [1.82, 2.24) is 10.3 Å². The van der Waals surface area contributed by atoms with E-state index in [4.69, 9.17) is 0 Å². The Morgan fingerprint density at radius 2 is 2.12 bits per heavy atom. The molecule has 0 amide bonds. The molecule has 1 aliphatic rings. The van der Waals surface area contributed by atoms with Crippen molar-refractivity contribution in [1.29, 1.82) is 0 Å². The lowest BCUT2D eigenvalue weighted by Crippen LogP contribution is -2.34. The second-order valence-corrected chi connectivity index (χ2v) is 4.65. The number of aliphatic hydroxyl groups is 2. The van der Waals surface area contributed by atoms with Gasteiger partial charge in [0.25, 0.3) is 0 Å². The lowest BCUT2D eigenvalue weighted by atomic mass is 10.1. The Bertz CT molecular complexity index is 416. The van der Waals surface area contributed by atoms with E-state index in [1.54, 1.807) is 13.1 Å². The van der Waals surface area contributed by atoms with E-state index in [0.717, 1.165) is 12.8 Å². The van der Waals surface area contributed by atoms with E-state index in [-0.39, 0.29) is 24.5 Å². The molecule has 1 heterocycles. The van der Waals surface area contributed by atoms with E-state index in [2.05, 4.69) is 10.3 Å². The van der Waals surface area contributed by atoms with Crippen molar-refractivity contribution in [2.75, 3.05) is 6.61 Å². The first-order valence-corrected chi connectivity index (χ1v) is 5.75. The van der Waals surface area contributed by atoms with E-state index >= 15 is 0 Å². The third-order valence-corrected chi connectivity index (χ3v) is 3.40. The number of pyridine rings is 1. The number of nitrogens with one attached hydrogen (secondary N) is 1. The van der Waals surface area contributed by atoms with Gasteiger partial charge in [0.15, 0.2) is 0 Å². The van der Waals surface area contributed by atoms with Crippen molar-refractivity contribution in [3.05, 3.63) is 23.0 Å². The average molecular weight is 238 g/mol. The van der Waals surface area contributed by atoms with Gasteiger partial charge in [-0.25, -0.2) is 0 Å².